The van der Waals surface area contributed by atoms with Crippen LogP contribution in [0, 0.1) is 0 Å². The van der Waals surface area contributed by atoms with Gasteiger partial charge in [0.05, 0.1) is 0 Å². The van der Waals surface area contributed by atoms with E-state index in [9.17, 15) is 0 Å². The predicted octanol–water partition coefficient (Wildman–Crippen LogP) is 6.43. The van der Waals surface area contributed by atoms with Gasteiger partial charge in [0, 0.05) is 6.42 Å². The van der Waals surface area contributed by atoms with E-state index in [1.807, 2.05) is 0 Å². The highest BCUT2D eigenvalue weighted by Gasteiger charge is 1.95. The average molecular weight is 270 g/mol. The van der Waals surface area contributed by atoms with Crippen molar-refractivity contribution in [2.24, 2.45) is 0 Å². The molecule has 114 valence electrons. The first-order valence-corrected chi connectivity index (χ1v) is 8.33. The zero-order chi connectivity index (χ0) is 14.2. The van der Waals surface area contributed by atoms with Gasteiger partial charge in [0.25, 0.3) is 0 Å². The monoisotopic (exact) mass is 270 g/mol. The molecule has 0 radical (unpaired) electrons. The molecule has 0 aliphatic carbocycles. The molecule has 2 N–H and O–H groups in total. The minimum Gasteiger partial charge on any atom is -0.512 e. The third-order valence-electron chi connectivity index (χ3n) is 3.69. The second-order valence-corrected chi connectivity index (χ2v) is 5.61. The Balaban J connectivity index is 2.99. The van der Waals surface area contributed by atoms with Gasteiger partial charge in [-0.05, 0) is 6.42 Å². The summed E-state index contributed by atoms with van der Waals surface area (Å²) in [6.07, 6.45) is 18.7. The molecule has 0 fully saturated rings. The molecular formula is C17H34O2. The molecule has 0 aliphatic rings. The first kappa shape index (κ1) is 18.3. The lowest BCUT2D eigenvalue weighted by Gasteiger charge is -2.03. The molecule has 0 bridgehead atoms. The Hall–Kier alpha value is -0.660. The van der Waals surface area contributed by atoms with Crippen LogP contribution in [0.15, 0.2) is 12.0 Å². The highest BCUT2D eigenvalue weighted by molar-refractivity contribution is 4.82. The normalized spacial score (nSPS) is 11.9. The van der Waals surface area contributed by atoms with E-state index in [4.69, 9.17) is 10.2 Å². The molecular weight excluding hydrogens is 236 g/mol. The topological polar surface area (TPSA) is 40.5 Å². The highest BCUT2D eigenvalue weighted by atomic mass is 16.3. The van der Waals surface area contributed by atoms with Crippen molar-refractivity contribution in [3.05, 3.63) is 12.0 Å². The zero-order valence-electron chi connectivity index (χ0n) is 12.9. The molecule has 0 atom stereocenters. The quantitative estimate of drug-likeness (QED) is 0.282. The van der Waals surface area contributed by atoms with Crippen molar-refractivity contribution in [3.63, 3.8) is 0 Å². The van der Waals surface area contributed by atoms with Crippen LogP contribution in [-0.2, 0) is 0 Å². The van der Waals surface area contributed by atoms with Crippen molar-refractivity contribution in [2.75, 3.05) is 0 Å². The number of rotatable bonds is 14. The SMILES string of the molecule is CCCCCCCCCCCCCCCC(O)=CO. The smallest absolute Gasteiger partial charge is 0.126 e. The summed E-state index contributed by atoms with van der Waals surface area (Å²) in [5.41, 5.74) is 0. The summed E-state index contributed by atoms with van der Waals surface area (Å²) in [4.78, 5) is 0. The Morgan fingerprint density at radius 1 is 0.684 bits per heavy atom. The van der Waals surface area contributed by atoms with Crippen LogP contribution >= 0.6 is 0 Å². The van der Waals surface area contributed by atoms with Crippen molar-refractivity contribution >= 4 is 0 Å². The molecule has 0 unspecified atom stereocenters. The fourth-order valence-electron chi connectivity index (χ4n) is 2.39. The maximum Gasteiger partial charge on any atom is 0.126 e. The van der Waals surface area contributed by atoms with Crippen LogP contribution in [0.25, 0.3) is 0 Å². The van der Waals surface area contributed by atoms with Crippen LogP contribution in [0.1, 0.15) is 96.8 Å². The largest absolute Gasteiger partial charge is 0.512 e. The molecule has 0 saturated carbocycles. The van der Waals surface area contributed by atoms with Crippen LogP contribution in [-0.4, -0.2) is 10.2 Å². The summed E-state index contributed by atoms with van der Waals surface area (Å²) in [5, 5.41) is 17.6. The van der Waals surface area contributed by atoms with E-state index in [1.54, 1.807) is 0 Å². The number of unbranched alkanes of at least 4 members (excludes halogenated alkanes) is 12. The molecule has 0 rings (SSSR count). The summed E-state index contributed by atoms with van der Waals surface area (Å²) in [6.45, 7) is 2.27. The molecule has 0 amide bonds. The number of aliphatic hydroxyl groups excluding tert-OH is 2. The molecule has 2 nitrogen and oxygen atoms in total. The van der Waals surface area contributed by atoms with Crippen LogP contribution in [0.4, 0.5) is 0 Å². The van der Waals surface area contributed by atoms with E-state index in [1.165, 1.54) is 70.6 Å². The number of hydrogen-bond acceptors (Lipinski definition) is 2. The summed E-state index contributed by atoms with van der Waals surface area (Å²) in [6, 6.07) is 0. The molecule has 0 aromatic heterocycles. The van der Waals surface area contributed by atoms with Gasteiger partial charge < -0.3 is 10.2 Å². The molecule has 0 heterocycles. The van der Waals surface area contributed by atoms with Gasteiger partial charge in [0.1, 0.15) is 12.0 Å². The van der Waals surface area contributed by atoms with Crippen molar-refractivity contribution < 1.29 is 10.2 Å². The molecule has 0 aromatic rings. The fraction of sp³-hybridized carbons (Fsp3) is 0.882. The van der Waals surface area contributed by atoms with Gasteiger partial charge in [-0.25, -0.2) is 0 Å². The fourth-order valence-corrected chi connectivity index (χ4v) is 2.39. The van der Waals surface area contributed by atoms with E-state index >= 15 is 0 Å². The first-order valence-electron chi connectivity index (χ1n) is 8.33. The minimum absolute atomic E-state index is 0.114. The van der Waals surface area contributed by atoms with Crippen LogP contribution in [0.5, 0.6) is 0 Å². The third-order valence-corrected chi connectivity index (χ3v) is 3.69. The lowest BCUT2D eigenvalue weighted by atomic mass is 10.0. The van der Waals surface area contributed by atoms with Crippen molar-refractivity contribution in [1.29, 1.82) is 0 Å². The molecule has 0 aliphatic heterocycles. The minimum atomic E-state index is 0.114. The van der Waals surface area contributed by atoms with Gasteiger partial charge in [0.15, 0.2) is 0 Å². The second-order valence-electron chi connectivity index (χ2n) is 5.61. The molecule has 0 saturated heterocycles. The van der Waals surface area contributed by atoms with Crippen LogP contribution in [0.3, 0.4) is 0 Å². The van der Waals surface area contributed by atoms with Gasteiger partial charge in [0.2, 0.25) is 0 Å². The maximum absolute atomic E-state index is 9.05. The lowest BCUT2D eigenvalue weighted by molar-refractivity contribution is 0.338. The Kier molecular flexibility index (Phi) is 14.9. The predicted molar refractivity (Wildman–Crippen MR) is 83.7 cm³/mol. The van der Waals surface area contributed by atoms with Gasteiger partial charge in [-0.2, -0.15) is 0 Å². The summed E-state index contributed by atoms with van der Waals surface area (Å²) in [5.74, 6) is 0.114. The Morgan fingerprint density at radius 2 is 1.05 bits per heavy atom. The van der Waals surface area contributed by atoms with Crippen molar-refractivity contribution in [3.8, 4) is 0 Å². The number of aliphatic hydroxyl groups is 2. The Morgan fingerprint density at radius 3 is 1.42 bits per heavy atom. The van der Waals surface area contributed by atoms with Crippen LogP contribution < -0.4 is 0 Å². The highest BCUT2D eigenvalue weighted by Crippen LogP contribution is 2.13. The van der Waals surface area contributed by atoms with Gasteiger partial charge in [-0.1, -0.05) is 84.0 Å². The molecule has 19 heavy (non-hydrogen) atoms. The average Bonchev–Trinajstić information content (AvgIpc) is 2.43. The van der Waals surface area contributed by atoms with Crippen LogP contribution in [0.2, 0.25) is 0 Å². The number of allylic oxidation sites excluding steroid dienone is 1. The molecule has 0 spiro atoms. The van der Waals surface area contributed by atoms with E-state index in [0.29, 0.717) is 6.42 Å². The third kappa shape index (κ3) is 15.3. The number of hydrogen-bond donors (Lipinski definition) is 2. The van der Waals surface area contributed by atoms with Gasteiger partial charge in [-0.15, -0.1) is 0 Å². The van der Waals surface area contributed by atoms with Gasteiger partial charge in [-0.3, -0.25) is 0 Å². The van der Waals surface area contributed by atoms with E-state index in [-0.39, 0.29) is 5.76 Å². The Labute approximate surface area is 119 Å². The Bertz CT molecular complexity index is 199. The summed E-state index contributed by atoms with van der Waals surface area (Å²) < 4.78 is 0. The maximum atomic E-state index is 9.05. The van der Waals surface area contributed by atoms with E-state index < -0.39 is 0 Å². The van der Waals surface area contributed by atoms with E-state index in [0.717, 1.165) is 19.1 Å². The van der Waals surface area contributed by atoms with Crippen molar-refractivity contribution in [1.82, 2.24) is 0 Å². The summed E-state index contributed by atoms with van der Waals surface area (Å²) in [7, 11) is 0. The first-order chi connectivity index (χ1) is 9.31. The van der Waals surface area contributed by atoms with Gasteiger partial charge >= 0.3 is 0 Å². The molecule has 2 heteroatoms. The summed E-state index contributed by atoms with van der Waals surface area (Å²) >= 11 is 0. The second kappa shape index (κ2) is 15.4. The lowest BCUT2D eigenvalue weighted by Crippen LogP contribution is -1.85. The molecule has 0 aromatic carbocycles. The van der Waals surface area contributed by atoms with Crippen molar-refractivity contribution in [2.45, 2.75) is 96.8 Å². The van der Waals surface area contributed by atoms with E-state index in [2.05, 4.69) is 6.92 Å². The standard InChI is InChI=1S/C17H34O2/c1-2-3-4-5-6-7-8-9-10-11-12-13-14-15-17(19)16-18/h16,18-19H,2-15H2,1H3. The zero-order valence-corrected chi connectivity index (χ0v) is 12.9.